The number of likely N-dealkylation sites (tertiary alicyclic amines) is 1. The molecular formula is C18H31N3O4. The first-order chi connectivity index (χ1) is 12.0. The van der Waals surface area contributed by atoms with Crippen LogP contribution in [0.4, 0.5) is 4.79 Å². The number of carboxylic acids is 1. The summed E-state index contributed by atoms with van der Waals surface area (Å²) in [7, 11) is 0. The summed E-state index contributed by atoms with van der Waals surface area (Å²) in [5.74, 6) is -0.721. The fourth-order valence-corrected chi connectivity index (χ4v) is 3.64. The number of hydrogen-bond acceptors (Lipinski definition) is 3. The number of carbonyl (C=O) groups is 3. The maximum Gasteiger partial charge on any atom is 0.315 e. The molecule has 0 aromatic carbocycles. The molecule has 25 heavy (non-hydrogen) atoms. The van der Waals surface area contributed by atoms with Gasteiger partial charge in [-0.2, -0.15) is 0 Å². The normalized spacial score (nSPS) is 19.4. The summed E-state index contributed by atoms with van der Waals surface area (Å²) in [6.07, 6.45) is 9.04. The zero-order valence-corrected chi connectivity index (χ0v) is 15.0. The fraction of sp³-hybridized carbons (Fsp3) is 0.833. The lowest BCUT2D eigenvalue weighted by Crippen LogP contribution is -2.51. The van der Waals surface area contributed by atoms with Crippen LogP contribution in [0, 0.1) is 0 Å². The number of nitrogens with zero attached hydrogens (tertiary/aromatic N) is 1. The van der Waals surface area contributed by atoms with E-state index in [4.69, 9.17) is 5.11 Å². The van der Waals surface area contributed by atoms with E-state index in [-0.39, 0.29) is 24.4 Å². The third-order valence-electron chi connectivity index (χ3n) is 5.15. The number of aliphatic carboxylic acids is 1. The molecule has 2 aliphatic rings. The SMILES string of the molecule is O=C(O)CCCCC(=O)N1CCC(NC(=O)NC2CCCCC2)CC1. The second kappa shape index (κ2) is 10.3. The Labute approximate surface area is 149 Å². The summed E-state index contributed by atoms with van der Waals surface area (Å²) >= 11 is 0. The van der Waals surface area contributed by atoms with E-state index in [1.54, 1.807) is 0 Å². The van der Waals surface area contributed by atoms with Crippen molar-refractivity contribution in [1.29, 1.82) is 0 Å². The molecule has 3 amide bonds. The zero-order chi connectivity index (χ0) is 18.1. The number of urea groups is 1. The Kier molecular flexibility index (Phi) is 8.01. The van der Waals surface area contributed by atoms with Crippen molar-refractivity contribution in [3.05, 3.63) is 0 Å². The molecule has 7 heteroatoms. The van der Waals surface area contributed by atoms with Crippen LogP contribution in [0.3, 0.4) is 0 Å². The Morgan fingerprint density at radius 2 is 1.40 bits per heavy atom. The minimum Gasteiger partial charge on any atom is -0.481 e. The molecule has 1 saturated carbocycles. The van der Waals surface area contributed by atoms with E-state index in [2.05, 4.69) is 10.6 Å². The highest BCUT2D eigenvalue weighted by Gasteiger charge is 2.24. The van der Waals surface area contributed by atoms with Crippen molar-refractivity contribution in [2.45, 2.75) is 82.7 Å². The van der Waals surface area contributed by atoms with Crippen molar-refractivity contribution in [2.75, 3.05) is 13.1 Å². The zero-order valence-electron chi connectivity index (χ0n) is 15.0. The van der Waals surface area contributed by atoms with Crippen molar-refractivity contribution >= 4 is 17.9 Å². The highest BCUT2D eigenvalue weighted by atomic mass is 16.4. The average molecular weight is 353 g/mol. The van der Waals surface area contributed by atoms with Crippen LogP contribution in [0.1, 0.15) is 70.6 Å². The van der Waals surface area contributed by atoms with Gasteiger partial charge in [0.1, 0.15) is 0 Å². The molecule has 3 N–H and O–H groups in total. The van der Waals surface area contributed by atoms with Crippen molar-refractivity contribution in [3.8, 4) is 0 Å². The largest absolute Gasteiger partial charge is 0.481 e. The molecule has 1 aliphatic carbocycles. The van der Waals surface area contributed by atoms with Gasteiger partial charge in [-0.25, -0.2) is 4.79 Å². The Hall–Kier alpha value is -1.79. The molecule has 0 aromatic rings. The van der Waals surface area contributed by atoms with Gasteiger partial charge in [0.05, 0.1) is 0 Å². The quantitative estimate of drug-likeness (QED) is 0.611. The van der Waals surface area contributed by atoms with Gasteiger partial charge in [0, 0.05) is 38.0 Å². The third-order valence-corrected chi connectivity index (χ3v) is 5.15. The lowest BCUT2D eigenvalue weighted by Gasteiger charge is -2.33. The predicted octanol–water partition coefficient (Wildman–Crippen LogP) is 2.25. The maximum absolute atomic E-state index is 12.1. The van der Waals surface area contributed by atoms with Crippen LogP contribution < -0.4 is 10.6 Å². The van der Waals surface area contributed by atoms with Crippen molar-refractivity contribution in [2.24, 2.45) is 0 Å². The van der Waals surface area contributed by atoms with E-state index >= 15 is 0 Å². The van der Waals surface area contributed by atoms with Gasteiger partial charge in [0.2, 0.25) is 5.91 Å². The van der Waals surface area contributed by atoms with E-state index < -0.39 is 5.97 Å². The first kappa shape index (κ1) is 19.5. The molecule has 1 aliphatic heterocycles. The van der Waals surface area contributed by atoms with Crippen LogP contribution in [0.5, 0.6) is 0 Å². The summed E-state index contributed by atoms with van der Waals surface area (Å²) < 4.78 is 0. The van der Waals surface area contributed by atoms with Crippen LogP contribution in [0.2, 0.25) is 0 Å². The number of carbonyl (C=O) groups excluding carboxylic acids is 2. The van der Waals surface area contributed by atoms with Crippen LogP contribution in [0.15, 0.2) is 0 Å². The highest BCUT2D eigenvalue weighted by Crippen LogP contribution is 2.17. The number of piperidine rings is 1. The smallest absolute Gasteiger partial charge is 0.315 e. The third kappa shape index (κ3) is 7.32. The van der Waals surface area contributed by atoms with Crippen molar-refractivity contribution < 1.29 is 19.5 Å². The van der Waals surface area contributed by atoms with Crippen LogP contribution in [-0.2, 0) is 9.59 Å². The summed E-state index contributed by atoms with van der Waals surface area (Å²) in [6, 6.07) is 0.353. The Bertz CT molecular complexity index is 455. The Morgan fingerprint density at radius 3 is 2.00 bits per heavy atom. The molecule has 0 atom stereocenters. The van der Waals surface area contributed by atoms with Gasteiger partial charge < -0.3 is 20.6 Å². The molecule has 1 saturated heterocycles. The number of carboxylic acid groups (broad SMARTS) is 1. The van der Waals surface area contributed by atoms with Gasteiger partial charge in [-0.15, -0.1) is 0 Å². The number of amides is 3. The molecule has 7 nitrogen and oxygen atoms in total. The van der Waals surface area contributed by atoms with E-state index in [9.17, 15) is 14.4 Å². The predicted molar refractivity (Wildman–Crippen MR) is 94.2 cm³/mol. The maximum atomic E-state index is 12.1. The molecule has 2 rings (SSSR count). The molecular weight excluding hydrogens is 322 g/mol. The van der Waals surface area contributed by atoms with Gasteiger partial charge >= 0.3 is 12.0 Å². The highest BCUT2D eigenvalue weighted by molar-refractivity contribution is 5.76. The standard InChI is InChI=1S/C18H31N3O4/c22-16(8-4-5-9-17(23)24)21-12-10-15(11-13-21)20-18(25)19-14-6-2-1-3-7-14/h14-15H,1-13H2,(H,23,24)(H2,19,20,25). The van der Waals surface area contributed by atoms with Crippen LogP contribution in [-0.4, -0.2) is 53.1 Å². The van der Waals surface area contributed by atoms with E-state index in [1.165, 1.54) is 19.3 Å². The molecule has 0 aromatic heterocycles. The van der Waals surface area contributed by atoms with E-state index in [1.807, 2.05) is 4.90 Å². The second-order valence-corrected chi connectivity index (χ2v) is 7.21. The molecule has 0 bridgehead atoms. The molecule has 1 heterocycles. The van der Waals surface area contributed by atoms with Crippen LogP contribution in [0.25, 0.3) is 0 Å². The van der Waals surface area contributed by atoms with Gasteiger partial charge in [0.25, 0.3) is 0 Å². The van der Waals surface area contributed by atoms with E-state index in [0.29, 0.717) is 38.4 Å². The number of rotatable bonds is 7. The summed E-state index contributed by atoms with van der Waals surface area (Å²) in [6.45, 7) is 1.32. The number of unbranched alkanes of at least 4 members (excludes halogenated alkanes) is 1. The molecule has 0 spiro atoms. The summed E-state index contributed by atoms with van der Waals surface area (Å²) in [4.78, 5) is 36.5. The topological polar surface area (TPSA) is 98.7 Å². The molecule has 2 fully saturated rings. The lowest BCUT2D eigenvalue weighted by atomic mass is 9.96. The first-order valence-electron chi connectivity index (χ1n) is 9.61. The van der Waals surface area contributed by atoms with Gasteiger partial charge in [0.15, 0.2) is 0 Å². The Balaban J connectivity index is 1.59. The summed E-state index contributed by atoms with van der Waals surface area (Å²) in [5.41, 5.74) is 0. The second-order valence-electron chi connectivity index (χ2n) is 7.21. The monoisotopic (exact) mass is 353 g/mol. The minimum absolute atomic E-state index is 0.0784. The molecule has 0 unspecified atom stereocenters. The van der Waals surface area contributed by atoms with E-state index in [0.717, 1.165) is 25.7 Å². The molecule has 0 radical (unpaired) electrons. The first-order valence-corrected chi connectivity index (χ1v) is 9.61. The average Bonchev–Trinajstić information content (AvgIpc) is 2.60. The van der Waals surface area contributed by atoms with Gasteiger partial charge in [-0.1, -0.05) is 19.3 Å². The lowest BCUT2D eigenvalue weighted by molar-refractivity contribution is -0.137. The summed E-state index contributed by atoms with van der Waals surface area (Å²) in [5, 5.41) is 14.7. The minimum atomic E-state index is -0.814. The van der Waals surface area contributed by atoms with Crippen molar-refractivity contribution in [1.82, 2.24) is 15.5 Å². The van der Waals surface area contributed by atoms with Gasteiger partial charge in [-0.05, 0) is 38.5 Å². The molecule has 142 valence electrons. The Morgan fingerprint density at radius 1 is 0.840 bits per heavy atom. The fourth-order valence-electron chi connectivity index (χ4n) is 3.64. The van der Waals surface area contributed by atoms with Gasteiger partial charge in [-0.3, -0.25) is 9.59 Å². The number of nitrogens with one attached hydrogen (secondary N) is 2. The van der Waals surface area contributed by atoms with Crippen molar-refractivity contribution in [3.63, 3.8) is 0 Å². The van der Waals surface area contributed by atoms with Crippen LogP contribution >= 0.6 is 0 Å². The number of hydrogen-bond donors (Lipinski definition) is 3.